The second kappa shape index (κ2) is 4.39. The van der Waals surface area contributed by atoms with Crippen molar-refractivity contribution in [3.8, 4) is 0 Å². The average Bonchev–Trinajstić information content (AvgIpc) is 2.64. The van der Waals surface area contributed by atoms with Crippen molar-refractivity contribution in [2.45, 2.75) is 32.4 Å². The molecule has 0 saturated carbocycles. The van der Waals surface area contributed by atoms with Crippen molar-refractivity contribution in [3.63, 3.8) is 0 Å². The van der Waals surface area contributed by atoms with E-state index in [0.29, 0.717) is 10.9 Å². The summed E-state index contributed by atoms with van der Waals surface area (Å²) in [5, 5.41) is 0. The lowest BCUT2D eigenvalue weighted by molar-refractivity contribution is 0.949. The molecule has 1 saturated heterocycles. The van der Waals surface area contributed by atoms with Gasteiger partial charge >= 0.3 is 0 Å². The van der Waals surface area contributed by atoms with E-state index in [9.17, 15) is 0 Å². The van der Waals surface area contributed by atoms with Crippen molar-refractivity contribution in [1.29, 1.82) is 0 Å². The molecule has 0 unspecified atom stereocenters. The number of benzene rings is 1. The van der Waals surface area contributed by atoms with Crippen LogP contribution in [0.2, 0.25) is 0 Å². The Kier molecular flexibility index (Phi) is 3.17. The van der Waals surface area contributed by atoms with Gasteiger partial charge in [-0.05, 0) is 48.7 Å². The highest BCUT2D eigenvalue weighted by Crippen LogP contribution is 2.22. The van der Waals surface area contributed by atoms with Crippen LogP contribution in [0.5, 0.6) is 0 Å². The summed E-state index contributed by atoms with van der Waals surface area (Å²) in [7, 11) is 0.701. The Balaban J connectivity index is 2.14. The standard InChI is InChI=1S/C13H19S/c1-11-6-5-7-12(2)13(11)10-14-8-3-4-9-14/h5-7H,3-4,8-10H2,1-2H3/q+1. The van der Waals surface area contributed by atoms with Gasteiger partial charge in [0, 0.05) is 5.56 Å². The smallest absolute Gasteiger partial charge is 0.0617 e. The molecule has 0 N–H and O–H groups in total. The largest absolute Gasteiger partial charge is 0.133 e. The summed E-state index contributed by atoms with van der Waals surface area (Å²) >= 11 is 0. The van der Waals surface area contributed by atoms with Crippen molar-refractivity contribution >= 4 is 10.9 Å². The average molecular weight is 207 g/mol. The van der Waals surface area contributed by atoms with Crippen LogP contribution in [-0.2, 0) is 16.6 Å². The maximum atomic E-state index is 2.25. The third-order valence-corrected chi connectivity index (χ3v) is 5.54. The SMILES string of the molecule is Cc1cccc(C)c1C[S+]1CCCC1. The lowest BCUT2D eigenvalue weighted by atomic mass is 10.1. The summed E-state index contributed by atoms with van der Waals surface area (Å²) in [4.78, 5) is 0. The summed E-state index contributed by atoms with van der Waals surface area (Å²) in [6.07, 6.45) is 2.93. The fourth-order valence-corrected chi connectivity index (χ4v) is 4.72. The van der Waals surface area contributed by atoms with E-state index in [0.717, 1.165) is 0 Å². The third kappa shape index (κ3) is 2.14. The molecule has 0 radical (unpaired) electrons. The molecule has 1 heteroatoms. The summed E-state index contributed by atoms with van der Waals surface area (Å²) in [6, 6.07) is 6.68. The molecule has 1 fully saturated rings. The van der Waals surface area contributed by atoms with Gasteiger partial charge in [-0.1, -0.05) is 18.2 Å². The quantitative estimate of drug-likeness (QED) is 0.653. The molecule has 1 heterocycles. The Morgan fingerprint density at radius 1 is 1.07 bits per heavy atom. The Morgan fingerprint density at radius 3 is 2.21 bits per heavy atom. The van der Waals surface area contributed by atoms with Gasteiger partial charge in [-0.25, -0.2) is 0 Å². The lowest BCUT2D eigenvalue weighted by Crippen LogP contribution is -2.09. The normalized spacial score (nSPS) is 17.6. The molecule has 1 aromatic carbocycles. The van der Waals surface area contributed by atoms with Crippen LogP contribution in [0.25, 0.3) is 0 Å². The first kappa shape index (κ1) is 10.1. The first-order chi connectivity index (χ1) is 6.77. The molecular formula is C13H19S+. The first-order valence-electron chi connectivity index (χ1n) is 5.46. The van der Waals surface area contributed by atoms with E-state index in [-0.39, 0.29) is 0 Å². The Bertz CT molecular complexity index is 291. The van der Waals surface area contributed by atoms with Crippen molar-refractivity contribution in [1.82, 2.24) is 0 Å². The Labute approximate surface area is 90.1 Å². The molecule has 14 heavy (non-hydrogen) atoms. The van der Waals surface area contributed by atoms with E-state index in [1.165, 1.54) is 41.2 Å². The van der Waals surface area contributed by atoms with Gasteiger partial charge in [-0.2, -0.15) is 0 Å². The molecule has 0 bridgehead atoms. The van der Waals surface area contributed by atoms with Gasteiger partial charge in [-0.15, -0.1) is 0 Å². The first-order valence-corrected chi connectivity index (χ1v) is 7.20. The number of rotatable bonds is 2. The maximum Gasteiger partial charge on any atom is 0.133 e. The Hall–Kier alpha value is -0.430. The van der Waals surface area contributed by atoms with E-state index in [4.69, 9.17) is 0 Å². The second-order valence-electron chi connectivity index (χ2n) is 4.24. The molecule has 1 aliphatic heterocycles. The van der Waals surface area contributed by atoms with Crippen molar-refractivity contribution < 1.29 is 0 Å². The van der Waals surface area contributed by atoms with E-state index in [1.54, 1.807) is 5.56 Å². The highest BCUT2D eigenvalue weighted by atomic mass is 32.2. The van der Waals surface area contributed by atoms with Gasteiger partial charge in [-0.3, -0.25) is 0 Å². The van der Waals surface area contributed by atoms with Crippen molar-refractivity contribution in [2.24, 2.45) is 0 Å². The summed E-state index contributed by atoms with van der Waals surface area (Å²) in [5.74, 6) is 4.31. The number of hydrogen-bond donors (Lipinski definition) is 0. The van der Waals surface area contributed by atoms with Gasteiger partial charge in [0.25, 0.3) is 0 Å². The lowest BCUT2D eigenvalue weighted by Gasteiger charge is -2.08. The maximum absolute atomic E-state index is 2.25. The highest BCUT2D eigenvalue weighted by Gasteiger charge is 2.25. The minimum Gasteiger partial charge on any atom is -0.0617 e. The van der Waals surface area contributed by atoms with Crippen LogP contribution in [0.4, 0.5) is 0 Å². The molecular weight excluding hydrogens is 188 g/mol. The molecule has 0 spiro atoms. The van der Waals surface area contributed by atoms with E-state index >= 15 is 0 Å². The monoisotopic (exact) mass is 207 g/mol. The molecule has 76 valence electrons. The predicted octanol–water partition coefficient (Wildman–Crippen LogP) is 3.22. The molecule has 1 aromatic rings. The summed E-state index contributed by atoms with van der Waals surface area (Å²) < 4.78 is 0. The van der Waals surface area contributed by atoms with Crippen LogP contribution in [0, 0.1) is 13.8 Å². The Morgan fingerprint density at radius 2 is 1.64 bits per heavy atom. The molecule has 0 aromatic heterocycles. The van der Waals surface area contributed by atoms with Crippen LogP contribution < -0.4 is 0 Å². The highest BCUT2D eigenvalue weighted by molar-refractivity contribution is 7.96. The van der Waals surface area contributed by atoms with Gasteiger partial charge in [0.2, 0.25) is 0 Å². The number of aryl methyl sites for hydroxylation is 2. The zero-order chi connectivity index (χ0) is 9.97. The molecule has 0 nitrogen and oxygen atoms in total. The zero-order valence-electron chi connectivity index (χ0n) is 9.18. The molecule has 1 aliphatic rings. The number of hydrogen-bond acceptors (Lipinski definition) is 0. The van der Waals surface area contributed by atoms with E-state index < -0.39 is 0 Å². The van der Waals surface area contributed by atoms with Crippen LogP contribution in [0.3, 0.4) is 0 Å². The molecule has 0 aliphatic carbocycles. The van der Waals surface area contributed by atoms with Crippen LogP contribution in [0.15, 0.2) is 18.2 Å². The summed E-state index contributed by atoms with van der Waals surface area (Å²) in [5.41, 5.74) is 4.60. The fraction of sp³-hybridized carbons (Fsp3) is 0.538. The van der Waals surface area contributed by atoms with Crippen molar-refractivity contribution in [3.05, 3.63) is 34.9 Å². The third-order valence-electron chi connectivity index (χ3n) is 3.11. The van der Waals surface area contributed by atoms with Gasteiger partial charge in [0.1, 0.15) is 17.3 Å². The van der Waals surface area contributed by atoms with Gasteiger partial charge in [0.05, 0.1) is 0 Å². The second-order valence-corrected chi connectivity index (χ2v) is 6.57. The predicted molar refractivity (Wildman–Crippen MR) is 66.0 cm³/mol. The molecule has 0 atom stereocenters. The fourth-order valence-electron chi connectivity index (χ4n) is 2.14. The van der Waals surface area contributed by atoms with E-state index in [1.807, 2.05) is 0 Å². The minimum absolute atomic E-state index is 0.701. The van der Waals surface area contributed by atoms with Crippen LogP contribution in [0.1, 0.15) is 29.5 Å². The minimum atomic E-state index is 0.701. The van der Waals surface area contributed by atoms with Crippen molar-refractivity contribution in [2.75, 3.05) is 11.5 Å². The van der Waals surface area contributed by atoms with Gasteiger partial charge < -0.3 is 0 Å². The molecule has 0 amide bonds. The summed E-state index contributed by atoms with van der Waals surface area (Å²) in [6.45, 7) is 4.50. The zero-order valence-corrected chi connectivity index (χ0v) is 9.99. The van der Waals surface area contributed by atoms with Gasteiger partial charge in [0.15, 0.2) is 0 Å². The van der Waals surface area contributed by atoms with E-state index in [2.05, 4.69) is 32.0 Å². The topological polar surface area (TPSA) is 0 Å². The molecule has 2 rings (SSSR count). The van der Waals surface area contributed by atoms with Crippen LogP contribution >= 0.6 is 0 Å². The van der Waals surface area contributed by atoms with Crippen LogP contribution in [-0.4, -0.2) is 11.5 Å².